The Balaban J connectivity index is 2.08. The van der Waals surface area contributed by atoms with Crippen molar-refractivity contribution in [1.82, 2.24) is 15.1 Å². The number of nitrogens with one attached hydrogen (secondary N) is 1. The summed E-state index contributed by atoms with van der Waals surface area (Å²) in [6.45, 7) is 2.31. The molecule has 1 saturated heterocycles. The fourth-order valence-electron chi connectivity index (χ4n) is 3.04. The number of piperidine rings is 1. The van der Waals surface area contributed by atoms with Crippen molar-refractivity contribution < 1.29 is 9.59 Å². The number of likely N-dealkylation sites (N-methyl/N-ethyl adjacent to an activating group) is 1. The molecule has 1 aliphatic rings. The van der Waals surface area contributed by atoms with Crippen LogP contribution < -0.4 is 11.1 Å². The van der Waals surface area contributed by atoms with E-state index in [0.29, 0.717) is 18.9 Å². The van der Waals surface area contributed by atoms with Crippen LogP contribution in [0.5, 0.6) is 0 Å². The second-order valence-corrected chi connectivity index (χ2v) is 6.89. The van der Waals surface area contributed by atoms with Crippen LogP contribution in [0, 0.1) is 5.92 Å². The number of likely N-dealkylation sites (tertiary alicyclic amines) is 1. The van der Waals surface area contributed by atoms with Gasteiger partial charge in [0.1, 0.15) is 0 Å². The van der Waals surface area contributed by atoms with Crippen molar-refractivity contribution in [2.24, 2.45) is 16.6 Å². The molecule has 1 aromatic rings. The van der Waals surface area contributed by atoms with Gasteiger partial charge in [-0.1, -0.05) is 30.3 Å². The van der Waals surface area contributed by atoms with Crippen LogP contribution in [0.2, 0.25) is 0 Å². The van der Waals surface area contributed by atoms with E-state index < -0.39 is 0 Å². The normalized spacial score (nSPS) is 17.7. The fraction of sp³-hybridized carbons (Fsp3) is 0.526. The number of primary amides is 1. The zero-order valence-electron chi connectivity index (χ0n) is 15.6. The first kappa shape index (κ1) is 19.8. The molecule has 2 rings (SSSR count). The SMILES string of the molecule is CN(C)C(=O)CNC(=NCc1ccccc1)N1CCCC(CC(N)=O)C1. The number of rotatable bonds is 6. The number of aliphatic imine (C=N–C) groups is 1. The molecule has 3 N–H and O–H groups in total. The van der Waals surface area contributed by atoms with Crippen molar-refractivity contribution in [1.29, 1.82) is 0 Å². The van der Waals surface area contributed by atoms with E-state index in [4.69, 9.17) is 10.7 Å². The zero-order chi connectivity index (χ0) is 18.9. The van der Waals surface area contributed by atoms with Crippen molar-refractivity contribution >= 4 is 17.8 Å². The number of carbonyl (C=O) groups is 2. The minimum Gasteiger partial charge on any atom is -0.370 e. The molecule has 0 radical (unpaired) electrons. The lowest BCUT2D eigenvalue weighted by Gasteiger charge is -2.34. The second-order valence-electron chi connectivity index (χ2n) is 6.89. The van der Waals surface area contributed by atoms with Crippen molar-refractivity contribution in [3.63, 3.8) is 0 Å². The van der Waals surface area contributed by atoms with Gasteiger partial charge in [-0.25, -0.2) is 4.99 Å². The van der Waals surface area contributed by atoms with E-state index in [2.05, 4.69) is 10.2 Å². The van der Waals surface area contributed by atoms with Crippen LogP contribution in [0.1, 0.15) is 24.8 Å². The molecule has 7 heteroatoms. The van der Waals surface area contributed by atoms with Gasteiger partial charge in [-0.2, -0.15) is 0 Å². The standard InChI is InChI=1S/C19H29N5O2/c1-23(2)18(26)13-22-19(21-12-15-7-4-3-5-8-15)24-10-6-9-16(14-24)11-17(20)25/h3-5,7-8,16H,6,9-14H2,1-2H3,(H2,20,25)(H,21,22). The minimum absolute atomic E-state index is 0.0110. The molecular formula is C19H29N5O2. The maximum atomic E-state index is 11.9. The van der Waals surface area contributed by atoms with Gasteiger partial charge in [0, 0.05) is 33.6 Å². The smallest absolute Gasteiger partial charge is 0.241 e. The van der Waals surface area contributed by atoms with Gasteiger partial charge in [-0.3, -0.25) is 9.59 Å². The Hall–Kier alpha value is -2.57. The van der Waals surface area contributed by atoms with E-state index >= 15 is 0 Å². The highest BCUT2D eigenvalue weighted by Crippen LogP contribution is 2.19. The Morgan fingerprint density at radius 2 is 2.04 bits per heavy atom. The van der Waals surface area contributed by atoms with Crippen molar-refractivity contribution in [2.45, 2.75) is 25.8 Å². The van der Waals surface area contributed by atoms with Gasteiger partial charge < -0.3 is 20.9 Å². The molecule has 0 spiro atoms. The van der Waals surface area contributed by atoms with Gasteiger partial charge >= 0.3 is 0 Å². The van der Waals surface area contributed by atoms with Gasteiger partial charge in [-0.05, 0) is 24.3 Å². The van der Waals surface area contributed by atoms with Gasteiger partial charge in [0.05, 0.1) is 13.1 Å². The highest BCUT2D eigenvalue weighted by molar-refractivity contribution is 5.86. The molecule has 26 heavy (non-hydrogen) atoms. The Morgan fingerprint density at radius 3 is 2.69 bits per heavy atom. The number of hydrogen-bond donors (Lipinski definition) is 2. The molecule has 142 valence electrons. The summed E-state index contributed by atoms with van der Waals surface area (Å²) < 4.78 is 0. The molecule has 0 bridgehead atoms. The Bertz CT molecular complexity index is 630. The van der Waals surface area contributed by atoms with E-state index in [9.17, 15) is 9.59 Å². The number of benzene rings is 1. The first-order valence-electron chi connectivity index (χ1n) is 9.01. The highest BCUT2D eigenvalue weighted by atomic mass is 16.2. The summed E-state index contributed by atoms with van der Waals surface area (Å²) in [5.74, 6) is 0.659. The predicted octanol–water partition coefficient (Wildman–Crippen LogP) is 0.808. The average Bonchev–Trinajstić information content (AvgIpc) is 2.62. The Kier molecular flexibility index (Phi) is 7.44. The van der Waals surface area contributed by atoms with Crippen LogP contribution in [0.4, 0.5) is 0 Å². The van der Waals surface area contributed by atoms with E-state index in [1.807, 2.05) is 30.3 Å². The second kappa shape index (κ2) is 9.79. The molecule has 0 aromatic heterocycles. The Morgan fingerprint density at radius 1 is 1.31 bits per heavy atom. The lowest BCUT2D eigenvalue weighted by atomic mass is 9.95. The molecule has 1 aromatic carbocycles. The Labute approximate surface area is 155 Å². The third kappa shape index (κ3) is 6.38. The minimum atomic E-state index is -0.268. The molecule has 1 heterocycles. The van der Waals surface area contributed by atoms with Crippen LogP contribution in [-0.4, -0.2) is 61.3 Å². The molecule has 1 unspecified atom stereocenters. The van der Waals surface area contributed by atoms with Crippen LogP contribution in [0.3, 0.4) is 0 Å². The molecule has 1 aliphatic heterocycles. The lowest BCUT2D eigenvalue weighted by molar-refractivity contribution is -0.127. The summed E-state index contributed by atoms with van der Waals surface area (Å²) >= 11 is 0. The van der Waals surface area contributed by atoms with Crippen molar-refractivity contribution in [3.05, 3.63) is 35.9 Å². The molecule has 0 saturated carbocycles. The van der Waals surface area contributed by atoms with Gasteiger partial charge in [0.15, 0.2) is 5.96 Å². The van der Waals surface area contributed by atoms with E-state index in [1.165, 1.54) is 0 Å². The maximum Gasteiger partial charge on any atom is 0.241 e. The number of carbonyl (C=O) groups excluding carboxylic acids is 2. The summed E-state index contributed by atoms with van der Waals surface area (Å²) in [5, 5.41) is 3.18. The highest BCUT2D eigenvalue weighted by Gasteiger charge is 2.24. The number of nitrogens with zero attached hydrogens (tertiary/aromatic N) is 3. The quantitative estimate of drug-likeness (QED) is 0.581. The summed E-state index contributed by atoms with van der Waals surface area (Å²) in [7, 11) is 3.46. The van der Waals surface area contributed by atoms with Crippen molar-refractivity contribution in [2.75, 3.05) is 33.7 Å². The predicted molar refractivity (Wildman–Crippen MR) is 102 cm³/mol. The summed E-state index contributed by atoms with van der Waals surface area (Å²) in [4.78, 5) is 31.6. The summed E-state index contributed by atoms with van der Waals surface area (Å²) in [6.07, 6.45) is 2.35. The van der Waals surface area contributed by atoms with E-state index in [1.54, 1.807) is 19.0 Å². The zero-order valence-corrected chi connectivity index (χ0v) is 15.6. The first-order valence-corrected chi connectivity index (χ1v) is 9.01. The molecular weight excluding hydrogens is 330 g/mol. The maximum absolute atomic E-state index is 11.9. The molecule has 2 amide bonds. The lowest BCUT2D eigenvalue weighted by Crippen LogP contribution is -2.49. The summed E-state index contributed by atoms with van der Waals surface area (Å²) in [6, 6.07) is 9.99. The van der Waals surface area contributed by atoms with Crippen LogP contribution >= 0.6 is 0 Å². The largest absolute Gasteiger partial charge is 0.370 e. The topological polar surface area (TPSA) is 91.0 Å². The van der Waals surface area contributed by atoms with E-state index in [-0.39, 0.29) is 24.3 Å². The fourth-order valence-corrected chi connectivity index (χ4v) is 3.04. The van der Waals surface area contributed by atoms with Crippen molar-refractivity contribution in [3.8, 4) is 0 Å². The van der Waals surface area contributed by atoms with Gasteiger partial charge in [0.2, 0.25) is 11.8 Å². The molecule has 1 atom stereocenters. The molecule has 1 fully saturated rings. The number of nitrogens with two attached hydrogens (primary N) is 1. The van der Waals surface area contributed by atoms with Gasteiger partial charge in [0.25, 0.3) is 0 Å². The number of guanidine groups is 1. The van der Waals surface area contributed by atoms with Crippen LogP contribution in [0.25, 0.3) is 0 Å². The monoisotopic (exact) mass is 359 g/mol. The van der Waals surface area contributed by atoms with Gasteiger partial charge in [-0.15, -0.1) is 0 Å². The van der Waals surface area contributed by atoms with Crippen LogP contribution in [-0.2, 0) is 16.1 Å². The molecule has 0 aliphatic carbocycles. The third-order valence-corrected chi connectivity index (χ3v) is 4.46. The summed E-state index contributed by atoms with van der Waals surface area (Å²) in [5.41, 5.74) is 6.47. The van der Waals surface area contributed by atoms with E-state index in [0.717, 1.165) is 31.5 Å². The first-order chi connectivity index (χ1) is 12.5. The third-order valence-electron chi connectivity index (χ3n) is 4.46. The average molecular weight is 359 g/mol. The van der Waals surface area contributed by atoms with Crippen LogP contribution in [0.15, 0.2) is 35.3 Å². The molecule has 7 nitrogen and oxygen atoms in total. The number of hydrogen-bond acceptors (Lipinski definition) is 3. The number of amides is 2.